The van der Waals surface area contributed by atoms with Crippen molar-refractivity contribution in [2.45, 2.75) is 27.2 Å². The highest BCUT2D eigenvalue weighted by atomic mass is 15.1. The zero-order valence-corrected chi connectivity index (χ0v) is 6.89. The topological polar surface area (TPSA) is 50.7 Å². The third-order valence-corrected chi connectivity index (χ3v) is 1.17. The number of hydrogen-bond donors (Lipinski definition) is 1. The highest BCUT2D eigenvalue weighted by Gasteiger charge is 1.91. The van der Waals surface area contributed by atoms with Crippen LogP contribution in [0.5, 0.6) is 0 Å². The molecular weight excluding hydrogens is 126 g/mol. The number of hydrogen-bond acceptors (Lipinski definition) is 3. The van der Waals surface area contributed by atoms with E-state index in [2.05, 4.69) is 10.1 Å². The lowest BCUT2D eigenvalue weighted by Gasteiger charge is -1.95. The molecule has 0 spiro atoms. The fourth-order valence-electron chi connectivity index (χ4n) is 0.493. The van der Waals surface area contributed by atoms with Crippen LogP contribution in [-0.4, -0.2) is 18.0 Å². The van der Waals surface area contributed by atoms with E-state index in [1.165, 1.54) is 0 Å². The van der Waals surface area contributed by atoms with Gasteiger partial charge in [-0.15, -0.1) is 0 Å². The van der Waals surface area contributed by atoms with Gasteiger partial charge >= 0.3 is 0 Å². The second-order valence-electron chi connectivity index (χ2n) is 2.31. The van der Waals surface area contributed by atoms with Gasteiger partial charge in [0.15, 0.2) is 0 Å². The Hall–Kier alpha value is -0.860. The smallest absolute Gasteiger partial charge is 0.0788 e. The molecule has 0 aliphatic carbocycles. The fraction of sp³-hybridized carbons (Fsp3) is 0.714. The van der Waals surface area contributed by atoms with Gasteiger partial charge in [-0.05, 0) is 20.3 Å². The van der Waals surface area contributed by atoms with Crippen molar-refractivity contribution in [3.05, 3.63) is 0 Å². The van der Waals surface area contributed by atoms with Crippen LogP contribution in [0.3, 0.4) is 0 Å². The van der Waals surface area contributed by atoms with E-state index in [-0.39, 0.29) is 0 Å². The normalized spacial score (nSPS) is 11.3. The second kappa shape index (κ2) is 4.97. The molecule has 0 aliphatic rings. The van der Waals surface area contributed by atoms with E-state index in [9.17, 15) is 0 Å². The number of rotatable bonds is 3. The van der Waals surface area contributed by atoms with Gasteiger partial charge in [0, 0.05) is 5.71 Å². The lowest BCUT2D eigenvalue weighted by molar-refractivity contribution is 1.11. The first-order chi connectivity index (χ1) is 4.70. The Morgan fingerprint density at radius 1 is 1.40 bits per heavy atom. The van der Waals surface area contributed by atoms with Crippen LogP contribution in [0.1, 0.15) is 27.2 Å². The van der Waals surface area contributed by atoms with Gasteiger partial charge in [0.25, 0.3) is 0 Å². The quantitative estimate of drug-likeness (QED) is 0.358. The summed E-state index contributed by atoms with van der Waals surface area (Å²) in [5.74, 6) is 5.09. The molecule has 0 bridgehead atoms. The molecule has 0 radical (unpaired) electrons. The Balaban J connectivity index is 3.78. The maximum Gasteiger partial charge on any atom is 0.0788 e. The summed E-state index contributed by atoms with van der Waals surface area (Å²) in [5, 5.41) is 3.59. The van der Waals surface area contributed by atoms with E-state index in [1.54, 1.807) is 0 Å². The van der Waals surface area contributed by atoms with Crippen LogP contribution in [0.25, 0.3) is 0 Å². The van der Waals surface area contributed by atoms with Gasteiger partial charge in [-0.1, -0.05) is 6.92 Å². The van der Waals surface area contributed by atoms with E-state index in [0.717, 1.165) is 17.8 Å². The largest absolute Gasteiger partial charge is 0.323 e. The van der Waals surface area contributed by atoms with Gasteiger partial charge in [0.1, 0.15) is 0 Å². The molecule has 58 valence electrons. The molecule has 0 aliphatic heterocycles. The van der Waals surface area contributed by atoms with Crippen LogP contribution in [-0.2, 0) is 0 Å². The Labute approximate surface area is 62.0 Å². The van der Waals surface area contributed by atoms with Crippen LogP contribution in [0.15, 0.2) is 10.1 Å². The molecule has 0 aromatic heterocycles. The molecule has 0 aromatic carbocycles. The van der Waals surface area contributed by atoms with Crippen LogP contribution in [0.2, 0.25) is 0 Å². The highest BCUT2D eigenvalue weighted by molar-refractivity contribution is 5.89. The molecule has 0 saturated carbocycles. The van der Waals surface area contributed by atoms with Crippen LogP contribution in [0.4, 0.5) is 0 Å². The molecule has 0 amide bonds. The van der Waals surface area contributed by atoms with Crippen molar-refractivity contribution in [1.82, 2.24) is 0 Å². The number of hydrazone groups is 1. The van der Waals surface area contributed by atoms with Gasteiger partial charge in [-0.3, -0.25) is 4.99 Å². The molecule has 0 rings (SSSR count). The molecule has 3 nitrogen and oxygen atoms in total. The number of nitrogens with two attached hydrogens (primary N) is 1. The summed E-state index contributed by atoms with van der Waals surface area (Å²) in [6.45, 7) is 6.59. The molecule has 3 heteroatoms. The molecule has 0 fully saturated rings. The van der Waals surface area contributed by atoms with Gasteiger partial charge in [0.05, 0.1) is 12.3 Å². The minimum absolute atomic E-state index is 0.648. The van der Waals surface area contributed by atoms with E-state index in [1.807, 2.05) is 20.8 Å². The second-order valence-corrected chi connectivity index (χ2v) is 2.31. The Kier molecular flexibility index (Phi) is 4.54. The lowest BCUT2D eigenvalue weighted by Crippen LogP contribution is -2.05. The summed E-state index contributed by atoms with van der Waals surface area (Å²) >= 11 is 0. The summed E-state index contributed by atoms with van der Waals surface area (Å²) < 4.78 is 0. The van der Waals surface area contributed by atoms with Crippen molar-refractivity contribution in [1.29, 1.82) is 0 Å². The molecule has 0 atom stereocenters. The van der Waals surface area contributed by atoms with E-state index >= 15 is 0 Å². The first kappa shape index (κ1) is 9.14. The molecule has 0 heterocycles. The van der Waals surface area contributed by atoms with Crippen molar-refractivity contribution in [3.63, 3.8) is 0 Å². The molecule has 0 aromatic rings. The summed E-state index contributed by atoms with van der Waals surface area (Å²) in [4.78, 5) is 4.17. The van der Waals surface area contributed by atoms with Crippen molar-refractivity contribution in [2.75, 3.05) is 6.54 Å². The zero-order chi connectivity index (χ0) is 7.98. The van der Waals surface area contributed by atoms with Gasteiger partial charge in [-0.25, -0.2) is 0 Å². The van der Waals surface area contributed by atoms with Crippen molar-refractivity contribution >= 4 is 11.4 Å². The average molecular weight is 141 g/mol. The SMILES string of the molecule is CC/C(CN=C(C)C)=N/N. The molecule has 0 unspecified atom stereocenters. The predicted molar refractivity (Wildman–Crippen MR) is 45.6 cm³/mol. The maximum absolute atomic E-state index is 5.09. The minimum Gasteiger partial charge on any atom is -0.323 e. The number of nitrogens with zero attached hydrogens (tertiary/aromatic N) is 2. The van der Waals surface area contributed by atoms with Crippen LogP contribution < -0.4 is 5.84 Å². The third-order valence-electron chi connectivity index (χ3n) is 1.17. The number of aliphatic imine (C=N–C) groups is 1. The lowest BCUT2D eigenvalue weighted by atomic mass is 10.3. The molecule has 2 N–H and O–H groups in total. The highest BCUT2D eigenvalue weighted by Crippen LogP contribution is 1.85. The minimum atomic E-state index is 0.648. The zero-order valence-electron chi connectivity index (χ0n) is 6.89. The molecule has 10 heavy (non-hydrogen) atoms. The maximum atomic E-state index is 5.09. The Morgan fingerprint density at radius 3 is 2.30 bits per heavy atom. The van der Waals surface area contributed by atoms with Crippen molar-refractivity contribution in [3.8, 4) is 0 Å². The summed E-state index contributed by atoms with van der Waals surface area (Å²) in [7, 11) is 0. The third kappa shape index (κ3) is 4.06. The average Bonchev–Trinajstić information content (AvgIpc) is 1.90. The van der Waals surface area contributed by atoms with E-state index in [0.29, 0.717) is 6.54 Å². The Morgan fingerprint density at radius 2 is 2.00 bits per heavy atom. The summed E-state index contributed by atoms with van der Waals surface area (Å²) in [6.07, 6.45) is 0.882. The monoisotopic (exact) mass is 141 g/mol. The van der Waals surface area contributed by atoms with Crippen molar-refractivity contribution < 1.29 is 0 Å². The van der Waals surface area contributed by atoms with Crippen molar-refractivity contribution in [2.24, 2.45) is 15.9 Å². The van der Waals surface area contributed by atoms with Gasteiger partial charge in [0.2, 0.25) is 0 Å². The van der Waals surface area contributed by atoms with E-state index in [4.69, 9.17) is 5.84 Å². The fourth-order valence-corrected chi connectivity index (χ4v) is 0.493. The van der Waals surface area contributed by atoms with Gasteiger partial charge in [-0.2, -0.15) is 5.10 Å². The van der Waals surface area contributed by atoms with Crippen LogP contribution in [0, 0.1) is 0 Å². The molecular formula is C7H15N3. The first-order valence-corrected chi connectivity index (χ1v) is 3.44. The standard InChI is InChI=1S/C7H15N3/c1-4-7(10-8)5-9-6(2)3/h4-5,8H2,1-3H3/b10-7-. The molecule has 0 saturated heterocycles. The van der Waals surface area contributed by atoms with Crippen LogP contribution >= 0.6 is 0 Å². The first-order valence-electron chi connectivity index (χ1n) is 3.44. The summed E-state index contributed by atoms with van der Waals surface area (Å²) in [6, 6.07) is 0. The summed E-state index contributed by atoms with van der Waals surface area (Å²) in [5.41, 5.74) is 2.01. The Bertz CT molecular complexity index is 143. The van der Waals surface area contributed by atoms with Gasteiger partial charge < -0.3 is 5.84 Å². The predicted octanol–water partition coefficient (Wildman–Crippen LogP) is 1.19. The van der Waals surface area contributed by atoms with E-state index < -0.39 is 0 Å².